The van der Waals surface area contributed by atoms with Gasteiger partial charge in [0.25, 0.3) is 0 Å². The Labute approximate surface area is 104 Å². The summed E-state index contributed by atoms with van der Waals surface area (Å²) in [6, 6.07) is 0. The smallest absolute Gasteiger partial charge is 0.106 e. The Hall–Kier alpha value is -0.120. The predicted molar refractivity (Wildman–Crippen MR) is 66.5 cm³/mol. The van der Waals surface area contributed by atoms with Crippen molar-refractivity contribution in [2.24, 2.45) is 17.8 Å². The van der Waals surface area contributed by atoms with Crippen LogP contribution in [-0.4, -0.2) is 33.6 Å². The van der Waals surface area contributed by atoms with E-state index in [1.807, 2.05) is 6.92 Å². The fourth-order valence-corrected chi connectivity index (χ4v) is 3.64. The van der Waals surface area contributed by atoms with E-state index < -0.39 is 18.3 Å². The molecule has 0 aromatic rings. The summed E-state index contributed by atoms with van der Waals surface area (Å²) < 4.78 is 0. The predicted octanol–water partition coefficient (Wildman–Crippen LogP) is 1.70. The Bertz CT molecular complexity index is 238. The third-order valence-electron chi connectivity index (χ3n) is 4.93. The maximum absolute atomic E-state index is 9.91. The van der Waals surface area contributed by atoms with E-state index in [9.17, 15) is 15.3 Å². The Morgan fingerprint density at radius 2 is 1.59 bits per heavy atom. The van der Waals surface area contributed by atoms with Crippen LogP contribution in [0.3, 0.4) is 0 Å². The molecular formula is C14H26O3. The lowest BCUT2D eigenvalue weighted by molar-refractivity contribution is -0.129. The molecular weight excluding hydrogens is 216 g/mol. The Kier molecular flexibility index (Phi) is 4.45. The number of aliphatic hydroxyl groups excluding tert-OH is 3. The quantitative estimate of drug-likeness (QED) is 0.690. The number of hydrogen-bond donors (Lipinski definition) is 3. The first kappa shape index (κ1) is 13.3. The minimum Gasteiger partial charge on any atom is -0.390 e. The molecule has 0 saturated heterocycles. The van der Waals surface area contributed by atoms with Gasteiger partial charge in [0, 0.05) is 0 Å². The zero-order valence-electron chi connectivity index (χ0n) is 10.8. The normalized spacial score (nSPS) is 44.8. The van der Waals surface area contributed by atoms with Crippen molar-refractivity contribution < 1.29 is 15.3 Å². The molecule has 2 rings (SSSR count). The summed E-state index contributed by atoms with van der Waals surface area (Å²) in [7, 11) is 0. The van der Waals surface area contributed by atoms with Gasteiger partial charge < -0.3 is 15.3 Å². The third kappa shape index (κ3) is 3.01. The summed E-state index contributed by atoms with van der Waals surface area (Å²) in [4.78, 5) is 0. The highest BCUT2D eigenvalue weighted by molar-refractivity contribution is 4.91. The van der Waals surface area contributed by atoms with Gasteiger partial charge in [-0.15, -0.1) is 0 Å². The number of rotatable bonds is 2. The lowest BCUT2D eigenvalue weighted by Gasteiger charge is -2.41. The Balaban J connectivity index is 1.90. The highest BCUT2D eigenvalue weighted by atomic mass is 16.4. The third-order valence-corrected chi connectivity index (χ3v) is 4.93. The van der Waals surface area contributed by atoms with Gasteiger partial charge in [0.15, 0.2) is 0 Å². The molecule has 3 N–H and O–H groups in total. The lowest BCUT2D eigenvalue weighted by atomic mass is 9.70. The van der Waals surface area contributed by atoms with Crippen LogP contribution in [0.2, 0.25) is 0 Å². The molecule has 2 saturated carbocycles. The maximum Gasteiger partial charge on any atom is 0.106 e. The van der Waals surface area contributed by atoms with Gasteiger partial charge in [-0.3, -0.25) is 0 Å². The zero-order chi connectivity index (χ0) is 12.4. The van der Waals surface area contributed by atoms with E-state index in [-0.39, 0.29) is 5.92 Å². The van der Waals surface area contributed by atoms with Crippen molar-refractivity contribution in [1.29, 1.82) is 0 Å². The van der Waals surface area contributed by atoms with Gasteiger partial charge >= 0.3 is 0 Å². The average molecular weight is 242 g/mol. The first-order chi connectivity index (χ1) is 8.09. The second-order valence-electron chi connectivity index (χ2n) is 6.14. The summed E-state index contributed by atoms with van der Waals surface area (Å²) >= 11 is 0. The number of hydrogen-bond acceptors (Lipinski definition) is 3. The van der Waals surface area contributed by atoms with Crippen LogP contribution in [0.25, 0.3) is 0 Å². The monoisotopic (exact) mass is 242 g/mol. The van der Waals surface area contributed by atoms with Gasteiger partial charge in [0.2, 0.25) is 0 Å². The Morgan fingerprint density at radius 3 is 2.24 bits per heavy atom. The molecule has 0 aromatic carbocycles. The largest absolute Gasteiger partial charge is 0.390 e. The van der Waals surface area contributed by atoms with Crippen LogP contribution in [0.4, 0.5) is 0 Å². The minimum atomic E-state index is -0.951. The van der Waals surface area contributed by atoms with Gasteiger partial charge in [0.05, 0.1) is 12.2 Å². The van der Waals surface area contributed by atoms with Crippen LogP contribution in [0.1, 0.15) is 51.9 Å². The van der Waals surface area contributed by atoms with Crippen LogP contribution in [0.5, 0.6) is 0 Å². The van der Waals surface area contributed by atoms with Gasteiger partial charge in [-0.1, -0.05) is 39.0 Å². The number of aliphatic hydroxyl groups is 3. The van der Waals surface area contributed by atoms with Gasteiger partial charge in [-0.2, -0.15) is 0 Å². The molecule has 2 aliphatic rings. The van der Waals surface area contributed by atoms with Crippen molar-refractivity contribution in [3.63, 3.8) is 0 Å². The topological polar surface area (TPSA) is 60.7 Å². The Morgan fingerprint density at radius 1 is 0.941 bits per heavy atom. The second-order valence-corrected chi connectivity index (χ2v) is 6.14. The fraction of sp³-hybridized carbons (Fsp3) is 1.00. The summed E-state index contributed by atoms with van der Waals surface area (Å²) in [6.45, 7) is 2.01. The van der Waals surface area contributed by atoms with Crippen molar-refractivity contribution in [3.8, 4) is 0 Å². The second kappa shape index (κ2) is 5.68. The molecule has 0 aliphatic heterocycles. The minimum absolute atomic E-state index is 0.107. The van der Waals surface area contributed by atoms with Crippen molar-refractivity contribution in [2.75, 3.05) is 0 Å². The SMILES string of the molecule is CC1C(CC2CCCCC2)CC(O)C(O)C1O. The van der Waals surface area contributed by atoms with E-state index in [0.29, 0.717) is 12.3 Å². The van der Waals surface area contributed by atoms with Crippen LogP contribution < -0.4 is 0 Å². The highest BCUT2D eigenvalue weighted by Gasteiger charge is 2.40. The molecule has 3 nitrogen and oxygen atoms in total. The van der Waals surface area contributed by atoms with E-state index in [2.05, 4.69) is 0 Å². The first-order valence-corrected chi connectivity index (χ1v) is 7.13. The van der Waals surface area contributed by atoms with E-state index in [1.54, 1.807) is 0 Å². The fourth-order valence-electron chi connectivity index (χ4n) is 3.64. The van der Waals surface area contributed by atoms with Gasteiger partial charge in [-0.25, -0.2) is 0 Å². The summed E-state index contributed by atoms with van der Waals surface area (Å²) in [6.07, 6.45) is 5.95. The molecule has 0 heterocycles. The standard InChI is InChI=1S/C14H26O3/c1-9-11(7-10-5-3-2-4-6-10)8-12(15)14(17)13(9)16/h9-17H,2-8H2,1H3. The highest BCUT2D eigenvalue weighted by Crippen LogP contribution is 2.38. The lowest BCUT2D eigenvalue weighted by Crippen LogP contribution is -2.49. The molecule has 17 heavy (non-hydrogen) atoms. The van der Waals surface area contributed by atoms with E-state index in [0.717, 1.165) is 12.3 Å². The van der Waals surface area contributed by atoms with Crippen molar-refractivity contribution in [1.82, 2.24) is 0 Å². The molecule has 5 unspecified atom stereocenters. The van der Waals surface area contributed by atoms with Crippen LogP contribution >= 0.6 is 0 Å². The zero-order valence-corrected chi connectivity index (χ0v) is 10.8. The molecule has 5 atom stereocenters. The average Bonchev–Trinajstić information content (AvgIpc) is 2.35. The van der Waals surface area contributed by atoms with Crippen LogP contribution in [0.15, 0.2) is 0 Å². The van der Waals surface area contributed by atoms with Crippen LogP contribution in [0, 0.1) is 17.8 Å². The van der Waals surface area contributed by atoms with E-state index in [4.69, 9.17) is 0 Å². The molecule has 0 aromatic heterocycles. The molecule has 0 amide bonds. The summed E-state index contributed by atoms with van der Waals surface area (Å²) in [5.74, 6) is 1.24. The van der Waals surface area contributed by atoms with Crippen LogP contribution in [-0.2, 0) is 0 Å². The summed E-state index contributed by atoms with van der Waals surface area (Å²) in [5.41, 5.74) is 0. The van der Waals surface area contributed by atoms with Gasteiger partial charge in [0.1, 0.15) is 6.10 Å². The van der Waals surface area contributed by atoms with Crippen molar-refractivity contribution in [2.45, 2.75) is 70.2 Å². The molecule has 3 heteroatoms. The van der Waals surface area contributed by atoms with E-state index in [1.165, 1.54) is 32.1 Å². The molecule has 0 spiro atoms. The molecule has 0 bridgehead atoms. The molecule has 0 radical (unpaired) electrons. The first-order valence-electron chi connectivity index (χ1n) is 7.13. The van der Waals surface area contributed by atoms with Gasteiger partial charge in [-0.05, 0) is 30.6 Å². The maximum atomic E-state index is 9.91. The van der Waals surface area contributed by atoms with E-state index >= 15 is 0 Å². The van der Waals surface area contributed by atoms with Crippen molar-refractivity contribution >= 4 is 0 Å². The summed E-state index contributed by atoms with van der Waals surface area (Å²) in [5, 5.41) is 29.3. The van der Waals surface area contributed by atoms with Crippen molar-refractivity contribution in [3.05, 3.63) is 0 Å². The molecule has 2 aliphatic carbocycles. The molecule has 2 fully saturated rings. The molecule has 100 valence electrons.